The molecule has 3 heterocycles. The van der Waals surface area contributed by atoms with Gasteiger partial charge in [-0.1, -0.05) is 37.6 Å². The van der Waals surface area contributed by atoms with Crippen molar-refractivity contribution in [1.82, 2.24) is 19.6 Å². The summed E-state index contributed by atoms with van der Waals surface area (Å²) in [4.78, 5) is 21.6. The van der Waals surface area contributed by atoms with Crippen molar-refractivity contribution < 1.29 is 4.79 Å². The molecule has 0 saturated heterocycles. The standard InChI is InChI=1S/C21H21N5OS/c1-3-4-6-15-7-9-16(10-8-15)17-13-28-21(23-17)24-20(27)18-14(2)25-26-12-5-11-22-19(18)26/h5,7-13H,3-4,6H2,1-2H3,(H,23,24,27). The van der Waals surface area contributed by atoms with Crippen LogP contribution < -0.4 is 5.32 Å². The molecule has 0 atom stereocenters. The van der Waals surface area contributed by atoms with Gasteiger partial charge in [-0.25, -0.2) is 14.5 Å². The second kappa shape index (κ2) is 7.90. The molecule has 4 aromatic rings. The van der Waals surface area contributed by atoms with E-state index in [2.05, 4.69) is 51.6 Å². The summed E-state index contributed by atoms with van der Waals surface area (Å²) >= 11 is 1.41. The third kappa shape index (κ3) is 3.66. The number of nitrogens with zero attached hydrogens (tertiary/aromatic N) is 4. The molecule has 4 rings (SSSR count). The average molecular weight is 392 g/mol. The maximum absolute atomic E-state index is 12.8. The maximum atomic E-state index is 12.8. The van der Waals surface area contributed by atoms with E-state index in [1.54, 1.807) is 29.9 Å². The minimum Gasteiger partial charge on any atom is -0.298 e. The Labute approximate surface area is 167 Å². The molecule has 3 aromatic heterocycles. The SMILES string of the molecule is CCCCc1ccc(-c2csc(NC(=O)c3c(C)nn4cccnc34)n2)cc1. The van der Waals surface area contributed by atoms with E-state index in [1.165, 1.54) is 29.7 Å². The van der Waals surface area contributed by atoms with Gasteiger partial charge in [0.2, 0.25) is 0 Å². The number of carbonyl (C=O) groups is 1. The van der Waals surface area contributed by atoms with Crippen molar-refractivity contribution in [2.45, 2.75) is 33.1 Å². The van der Waals surface area contributed by atoms with Crippen molar-refractivity contribution in [3.05, 3.63) is 64.9 Å². The van der Waals surface area contributed by atoms with Crippen molar-refractivity contribution in [2.75, 3.05) is 5.32 Å². The fraction of sp³-hybridized carbons (Fsp3) is 0.238. The lowest BCUT2D eigenvalue weighted by Gasteiger charge is -2.02. The molecule has 142 valence electrons. The zero-order chi connectivity index (χ0) is 19.5. The first-order valence-electron chi connectivity index (χ1n) is 9.32. The van der Waals surface area contributed by atoms with Gasteiger partial charge in [0.05, 0.1) is 11.4 Å². The number of thiazole rings is 1. The fourth-order valence-electron chi connectivity index (χ4n) is 3.11. The quantitative estimate of drug-likeness (QED) is 0.514. The van der Waals surface area contributed by atoms with Gasteiger partial charge in [-0.2, -0.15) is 5.10 Å². The Balaban J connectivity index is 1.51. The number of amides is 1. The van der Waals surface area contributed by atoms with Gasteiger partial charge < -0.3 is 0 Å². The number of aryl methyl sites for hydroxylation is 2. The van der Waals surface area contributed by atoms with Crippen molar-refractivity contribution in [1.29, 1.82) is 0 Å². The first kappa shape index (κ1) is 18.3. The number of unbranched alkanes of at least 4 members (excludes halogenated alkanes) is 1. The molecule has 0 aliphatic carbocycles. The molecule has 0 fully saturated rings. The summed E-state index contributed by atoms with van der Waals surface area (Å²) in [5.74, 6) is -0.248. The molecule has 28 heavy (non-hydrogen) atoms. The predicted molar refractivity (Wildman–Crippen MR) is 112 cm³/mol. The summed E-state index contributed by atoms with van der Waals surface area (Å²) in [7, 11) is 0. The molecule has 0 spiro atoms. The smallest absolute Gasteiger partial charge is 0.263 e. The van der Waals surface area contributed by atoms with Crippen LogP contribution in [0, 0.1) is 6.92 Å². The Bertz CT molecular complexity index is 1110. The second-order valence-electron chi connectivity index (χ2n) is 6.64. The molecule has 0 saturated carbocycles. The van der Waals surface area contributed by atoms with Crippen LogP contribution in [0.5, 0.6) is 0 Å². The highest BCUT2D eigenvalue weighted by Crippen LogP contribution is 2.26. The molecule has 1 N–H and O–H groups in total. The number of rotatable bonds is 6. The molecule has 7 heteroatoms. The third-order valence-corrected chi connectivity index (χ3v) is 5.35. The number of hydrogen-bond donors (Lipinski definition) is 1. The summed E-state index contributed by atoms with van der Waals surface area (Å²) in [5, 5.41) is 9.73. The highest BCUT2D eigenvalue weighted by Gasteiger charge is 2.19. The van der Waals surface area contributed by atoms with E-state index in [0.29, 0.717) is 22.0 Å². The van der Waals surface area contributed by atoms with E-state index in [4.69, 9.17) is 0 Å². The lowest BCUT2D eigenvalue weighted by molar-refractivity contribution is 0.102. The lowest BCUT2D eigenvalue weighted by Crippen LogP contribution is -2.13. The Morgan fingerprint density at radius 2 is 2.07 bits per heavy atom. The number of fused-ring (bicyclic) bond motifs is 1. The van der Waals surface area contributed by atoms with Crippen LogP contribution in [0.25, 0.3) is 16.9 Å². The van der Waals surface area contributed by atoms with Crippen LogP contribution in [-0.2, 0) is 6.42 Å². The number of nitrogens with one attached hydrogen (secondary N) is 1. The minimum absolute atomic E-state index is 0.248. The summed E-state index contributed by atoms with van der Waals surface area (Å²) in [6, 6.07) is 10.3. The predicted octanol–water partition coefficient (Wildman–Crippen LogP) is 4.76. The molecule has 0 aliphatic heterocycles. The lowest BCUT2D eigenvalue weighted by atomic mass is 10.1. The Hall–Kier alpha value is -3.06. The number of hydrogen-bond acceptors (Lipinski definition) is 5. The zero-order valence-corrected chi connectivity index (χ0v) is 16.7. The van der Waals surface area contributed by atoms with Gasteiger partial charge in [0.25, 0.3) is 5.91 Å². The molecule has 0 bridgehead atoms. The third-order valence-electron chi connectivity index (χ3n) is 4.59. The number of anilines is 1. The summed E-state index contributed by atoms with van der Waals surface area (Å²) < 4.78 is 1.61. The van der Waals surface area contributed by atoms with Gasteiger partial charge in [0, 0.05) is 23.3 Å². The summed E-state index contributed by atoms with van der Waals surface area (Å²) in [6.07, 6.45) is 6.92. The first-order valence-corrected chi connectivity index (χ1v) is 10.2. The van der Waals surface area contributed by atoms with Gasteiger partial charge >= 0.3 is 0 Å². The molecule has 1 amide bonds. The van der Waals surface area contributed by atoms with E-state index in [9.17, 15) is 4.79 Å². The van der Waals surface area contributed by atoms with E-state index in [1.807, 2.05) is 5.38 Å². The van der Waals surface area contributed by atoms with Crippen LogP contribution in [0.3, 0.4) is 0 Å². The van der Waals surface area contributed by atoms with Crippen LogP contribution >= 0.6 is 11.3 Å². The van der Waals surface area contributed by atoms with Crippen LogP contribution in [-0.4, -0.2) is 25.5 Å². The normalized spacial score (nSPS) is 11.1. The van der Waals surface area contributed by atoms with E-state index >= 15 is 0 Å². The van der Waals surface area contributed by atoms with Crippen molar-refractivity contribution in [3.8, 4) is 11.3 Å². The average Bonchev–Trinajstić information content (AvgIpc) is 3.30. The van der Waals surface area contributed by atoms with E-state index < -0.39 is 0 Å². The fourth-order valence-corrected chi connectivity index (χ4v) is 3.82. The van der Waals surface area contributed by atoms with Crippen LogP contribution in [0.1, 0.15) is 41.4 Å². The zero-order valence-electron chi connectivity index (χ0n) is 15.8. The Kier molecular flexibility index (Phi) is 5.16. The molecule has 0 radical (unpaired) electrons. The highest BCUT2D eigenvalue weighted by molar-refractivity contribution is 7.14. The van der Waals surface area contributed by atoms with Gasteiger partial charge in [-0.3, -0.25) is 10.1 Å². The van der Waals surface area contributed by atoms with Crippen molar-refractivity contribution in [2.24, 2.45) is 0 Å². The van der Waals surface area contributed by atoms with Gasteiger partial charge in [-0.15, -0.1) is 11.3 Å². The minimum atomic E-state index is -0.248. The van der Waals surface area contributed by atoms with Gasteiger partial charge in [-0.05, 0) is 31.4 Å². The second-order valence-corrected chi connectivity index (χ2v) is 7.50. The van der Waals surface area contributed by atoms with Crippen LogP contribution in [0.2, 0.25) is 0 Å². The first-order chi connectivity index (χ1) is 13.7. The highest BCUT2D eigenvalue weighted by atomic mass is 32.1. The summed E-state index contributed by atoms with van der Waals surface area (Å²) in [6.45, 7) is 4.00. The molecule has 1 aromatic carbocycles. The van der Waals surface area contributed by atoms with Crippen LogP contribution in [0.15, 0.2) is 48.1 Å². The Morgan fingerprint density at radius 1 is 1.25 bits per heavy atom. The molecular weight excluding hydrogens is 370 g/mol. The maximum Gasteiger partial charge on any atom is 0.263 e. The van der Waals surface area contributed by atoms with Crippen LogP contribution in [0.4, 0.5) is 5.13 Å². The number of benzene rings is 1. The number of carbonyl (C=O) groups excluding carboxylic acids is 1. The largest absolute Gasteiger partial charge is 0.298 e. The van der Waals surface area contributed by atoms with E-state index in [0.717, 1.165) is 17.7 Å². The topological polar surface area (TPSA) is 72.2 Å². The van der Waals surface area contributed by atoms with Crippen molar-refractivity contribution in [3.63, 3.8) is 0 Å². The summed E-state index contributed by atoms with van der Waals surface area (Å²) in [5.41, 5.74) is 4.89. The van der Waals surface area contributed by atoms with Crippen molar-refractivity contribution >= 4 is 28.0 Å². The molecular formula is C21H21N5OS. The van der Waals surface area contributed by atoms with Gasteiger partial charge in [0.15, 0.2) is 10.8 Å². The molecule has 6 nitrogen and oxygen atoms in total. The number of aromatic nitrogens is 4. The van der Waals surface area contributed by atoms with E-state index in [-0.39, 0.29) is 5.91 Å². The van der Waals surface area contributed by atoms with Gasteiger partial charge in [0.1, 0.15) is 5.56 Å². The molecule has 0 unspecified atom stereocenters. The molecule has 0 aliphatic rings. The Morgan fingerprint density at radius 3 is 2.86 bits per heavy atom. The monoisotopic (exact) mass is 391 g/mol.